The molecular weight excluding hydrogens is 749 g/mol. The van der Waals surface area contributed by atoms with E-state index < -0.39 is 45.9 Å². The molecule has 5 aliphatic heterocycles. The molecule has 9 rings (SSSR count). The number of carbonyl (C=O) groups is 3. The van der Waals surface area contributed by atoms with Crippen LogP contribution in [-0.2, 0) is 45.8 Å². The summed E-state index contributed by atoms with van der Waals surface area (Å²) in [5.41, 5.74) is 1.22. The molecule has 1 aliphatic carbocycles. The number of aliphatic hydroxyl groups is 1. The SMILES string of the molecule is CCC1=C[C@@H]2CC[C@](C(=O)OC)(c3cc4c(cc3OC)N(C)C3[C@]45CCN4CC=C[C@](CC)(C45)[C@@H](OC(C)=O)[C@]3(O)C(=O)OC)c3[nH]c4ccccc4c3CCN(C1)C2. The van der Waals surface area contributed by atoms with Crippen molar-refractivity contribution < 1.29 is 38.4 Å². The fourth-order valence-electron chi connectivity index (χ4n) is 13.2. The maximum Gasteiger partial charge on any atom is 0.344 e. The number of rotatable bonds is 7. The second-order valence-corrected chi connectivity index (χ2v) is 17.8. The van der Waals surface area contributed by atoms with Gasteiger partial charge in [-0.3, -0.25) is 19.4 Å². The lowest BCUT2D eigenvalue weighted by Crippen LogP contribution is -2.81. The van der Waals surface area contributed by atoms with Crippen LogP contribution in [-0.4, -0.2) is 123 Å². The lowest BCUT2D eigenvalue weighted by Gasteiger charge is -2.63. The van der Waals surface area contributed by atoms with Gasteiger partial charge < -0.3 is 33.9 Å². The number of fused-ring (bicyclic) bond motifs is 6. The predicted molar refractivity (Wildman–Crippen MR) is 224 cm³/mol. The van der Waals surface area contributed by atoms with Gasteiger partial charge in [0.05, 0.1) is 27.4 Å². The topological polar surface area (TPSA) is 134 Å². The Balaban J connectivity index is 1.35. The number of carbonyl (C=O) groups excluding carboxylic acids is 3. The molecule has 2 aromatic carbocycles. The molecule has 3 unspecified atom stereocenters. The van der Waals surface area contributed by atoms with E-state index in [0.717, 1.165) is 72.3 Å². The average Bonchev–Trinajstić information content (AvgIpc) is 3.90. The quantitative estimate of drug-likeness (QED) is 0.186. The van der Waals surface area contributed by atoms with Crippen LogP contribution in [0.2, 0.25) is 0 Å². The zero-order chi connectivity index (χ0) is 41.6. The van der Waals surface area contributed by atoms with Gasteiger partial charge in [0.25, 0.3) is 0 Å². The van der Waals surface area contributed by atoms with E-state index >= 15 is 4.79 Å². The van der Waals surface area contributed by atoms with E-state index in [4.69, 9.17) is 18.9 Å². The number of benzene rings is 2. The summed E-state index contributed by atoms with van der Waals surface area (Å²) in [4.78, 5) is 53.4. The largest absolute Gasteiger partial charge is 0.496 e. The number of aromatic nitrogens is 1. The number of aromatic amines is 1. The van der Waals surface area contributed by atoms with E-state index in [2.05, 4.69) is 58.1 Å². The van der Waals surface area contributed by atoms with Crippen molar-refractivity contribution in [3.8, 4) is 5.75 Å². The van der Waals surface area contributed by atoms with Crippen molar-refractivity contribution in [3.63, 3.8) is 0 Å². The van der Waals surface area contributed by atoms with Crippen LogP contribution in [0.4, 0.5) is 5.69 Å². The Morgan fingerprint density at radius 1 is 0.983 bits per heavy atom. The highest BCUT2D eigenvalue weighted by Gasteiger charge is 2.80. The number of anilines is 1. The number of hydrogen-bond acceptors (Lipinski definition) is 11. The number of nitrogens with zero attached hydrogens (tertiary/aromatic N) is 3. The molecule has 12 heteroatoms. The fourth-order valence-corrected chi connectivity index (χ4v) is 13.2. The van der Waals surface area contributed by atoms with E-state index in [-0.39, 0.29) is 17.9 Å². The molecule has 59 heavy (non-hydrogen) atoms. The Morgan fingerprint density at radius 2 is 1.76 bits per heavy atom. The molecule has 1 spiro atoms. The maximum absolute atomic E-state index is 15.3. The number of likely N-dealkylation sites (N-methyl/N-ethyl adjacent to an activating group) is 1. The van der Waals surface area contributed by atoms with E-state index in [1.54, 1.807) is 7.11 Å². The Morgan fingerprint density at radius 3 is 2.47 bits per heavy atom. The van der Waals surface area contributed by atoms with Crippen LogP contribution >= 0.6 is 0 Å². The standard InChI is InChI=1S/C47H58N4O8/c1-8-29-23-30-15-18-45(42(53)57-6,38-32(16-21-50(26-29)27-30)31-13-10-11-14-35(31)48-38)34-24-33-36(25-37(34)56-5)49(4)40-46(33)19-22-51-20-12-17-44(9-2,39(46)51)41(59-28(3)52)47(40,55)43(54)58-7/h10-14,17,23-25,30,39-41,48,55H,8-9,15-16,18-22,26-27H2,1-7H3/t30-,39?,40?,41+,44+,45-,46+,47-/m0/s1. The zero-order valence-electron chi connectivity index (χ0n) is 35.4. The smallest absolute Gasteiger partial charge is 0.344 e. The van der Waals surface area contributed by atoms with Gasteiger partial charge in [-0.05, 0) is 74.2 Å². The van der Waals surface area contributed by atoms with Gasteiger partial charge in [0.15, 0.2) is 6.10 Å². The van der Waals surface area contributed by atoms with Crippen LogP contribution in [0.15, 0.2) is 60.2 Å². The van der Waals surface area contributed by atoms with Crippen LogP contribution in [0, 0.1) is 11.3 Å². The number of esters is 3. The fraction of sp³-hybridized carbons (Fsp3) is 0.553. The number of methoxy groups -OCH3 is 3. The van der Waals surface area contributed by atoms with Crippen molar-refractivity contribution in [1.82, 2.24) is 14.8 Å². The number of ether oxygens (including phenoxy) is 4. The van der Waals surface area contributed by atoms with Crippen molar-refractivity contribution in [2.75, 3.05) is 66.0 Å². The molecule has 2 fully saturated rings. The van der Waals surface area contributed by atoms with Gasteiger partial charge >= 0.3 is 17.9 Å². The highest BCUT2D eigenvalue weighted by atomic mass is 16.6. The third-order valence-corrected chi connectivity index (χ3v) is 15.4. The number of nitrogens with one attached hydrogen (secondary N) is 1. The molecule has 3 aromatic rings. The van der Waals surface area contributed by atoms with Gasteiger partial charge in [0, 0.05) is 90.9 Å². The van der Waals surface area contributed by atoms with Gasteiger partial charge in [0.1, 0.15) is 11.2 Å². The molecule has 2 N–H and O–H groups in total. The maximum atomic E-state index is 15.3. The Kier molecular flexibility index (Phi) is 9.60. The van der Waals surface area contributed by atoms with Gasteiger partial charge in [-0.15, -0.1) is 0 Å². The normalized spacial score (nSPS) is 34.5. The van der Waals surface area contributed by atoms with Gasteiger partial charge in [0.2, 0.25) is 5.60 Å². The summed E-state index contributed by atoms with van der Waals surface area (Å²) in [6, 6.07) is 11.2. The second kappa shape index (κ2) is 14.2. The lowest BCUT2D eigenvalue weighted by molar-refractivity contribution is -0.228. The lowest BCUT2D eigenvalue weighted by atomic mass is 9.47. The zero-order valence-corrected chi connectivity index (χ0v) is 35.4. The highest BCUT2D eigenvalue weighted by Crippen LogP contribution is 2.68. The minimum atomic E-state index is -2.28. The molecule has 1 saturated heterocycles. The molecule has 1 saturated carbocycles. The summed E-state index contributed by atoms with van der Waals surface area (Å²) in [6.07, 6.45) is 9.29. The molecule has 0 radical (unpaired) electrons. The molecule has 2 bridgehead atoms. The summed E-state index contributed by atoms with van der Waals surface area (Å²) >= 11 is 0. The van der Waals surface area contributed by atoms with E-state index in [1.807, 2.05) is 37.1 Å². The molecule has 12 nitrogen and oxygen atoms in total. The van der Waals surface area contributed by atoms with Crippen LogP contribution in [0.25, 0.3) is 10.9 Å². The van der Waals surface area contributed by atoms with Crippen LogP contribution < -0.4 is 9.64 Å². The van der Waals surface area contributed by atoms with E-state index in [9.17, 15) is 14.7 Å². The van der Waals surface area contributed by atoms with Crippen molar-refractivity contribution in [1.29, 1.82) is 0 Å². The first-order valence-electron chi connectivity index (χ1n) is 21.3. The number of hydrogen-bond donors (Lipinski definition) is 2. The summed E-state index contributed by atoms with van der Waals surface area (Å²) in [5.74, 6) is -1.08. The third-order valence-electron chi connectivity index (χ3n) is 15.4. The second-order valence-electron chi connectivity index (χ2n) is 17.8. The molecule has 6 aliphatic rings. The van der Waals surface area contributed by atoms with Crippen molar-refractivity contribution in [2.24, 2.45) is 11.3 Å². The summed E-state index contributed by atoms with van der Waals surface area (Å²) in [6.45, 7) is 9.62. The third kappa shape index (κ3) is 5.27. The first kappa shape index (κ1) is 39.8. The molecule has 314 valence electrons. The van der Waals surface area contributed by atoms with E-state index in [1.165, 1.54) is 26.7 Å². The van der Waals surface area contributed by atoms with Crippen molar-refractivity contribution in [2.45, 2.75) is 93.9 Å². The van der Waals surface area contributed by atoms with Gasteiger partial charge in [-0.25, -0.2) is 4.79 Å². The van der Waals surface area contributed by atoms with E-state index in [0.29, 0.717) is 43.7 Å². The molecule has 1 aromatic heterocycles. The van der Waals surface area contributed by atoms with Crippen LogP contribution in [0.1, 0.15) is 75.3 Å². The Bertz CT molecular complexity index is 2280. The first-order chi connectivity index (χ1) is 28.4. The van der Waals surface area contributed by atoms with Crippen molar-refractivity contribution >= 4 is 34.5 Å². The first-order valence-corrected chi connectivity index (χ1v) is 21.3. The van der Waals surface area contributed by atoms with Gasteiger partial charge in [-0.1, -0.05) is 55.8 Å². The minimum Gasteiger partial charge on any atom is -0.496 e. The van der Waals surface area contributed by atoms with Crippen molar-refractivity contribution in [3.05, 3.63) is 82.6 Å². The minimum absolute atomic E-state index is 0.234. The monoisotopic (exact) mass is 806 g/mol. The Labute approximate surface area is 346 Å². The Hall–Kier alpha value is -4.65. The summed E-state index contributed by atoms with van der Waals surface area (Å²) in [5, 5.41) is 14.4. The summed E-state index contributed by atoms with van der Waals surface area (Å²) < 4.78 is 24.0. The number of H-pyrrole nitrogens is 1. The van der Waals surface area contributed by atoms with Crippen LogP contribution in [0.5, 0.6) is 5.75 Å². The predicted octanol–water partition coefficient (Wildman–Crippen LogP) is 5.19. The molecular formula is C47H58N4O8. The van der Waals surface area contributed by atoms with Gasteiger partial charge in [-0.2, -0.15) is 0 Å². The number of para-hydroxylation sites is 1. The molecule has 0 amide bonds. The summed E-state index contributed by atoms with van der Waals surface area (Å²) in [7, 11) is 6.25. The average molecular weight is 807 g/mol. The molecule has 9 atom stereocenters. The highest BCUT2D eigenvalue weighted by molar-refractivity contribution is 5.95. The molecule has 6 heterocycles. The van der Waals surface area contributed by atoms with Crippen LogP contribution in [0.3, 0.4) is 0 Å².